The topological polar surface area (TPSA) is 90.9 Å². The van der Waals surface area contributed by atoms with Gasteiger partial charge < -0.3 is 14.2 Å². The Morgan fingerprint density at radius 3 is 2.38 bits per heavy atom. The van der Waals surface area contributed by atoms with Gasteiger partial charge in [-0.25, -0.2) is 28.3 Å². The van der Waals surface area contributed by atoms with Crippen LogP contribution in [-0.2, 0) is 9.53 Å². The molecule has 7 nitrogen and oxygen atoms in total. The van der Waals surface area contributed by atoms with Crippen LogP contribution in [0.4, 0.5) is 8.78 Å². The summed E-state index contributed by atoms with van der Waals surface area (Å²) in [4.78, 5) is 32.4. The van der Waals surface area contributed by atoms with Gasteiger partial charge >= 0.3 is 11.9 Å². The summed E-state index contributed by atoms with van der Waals surface area (Å²) in [5.74, 6) is -2.48. The maximum atomic E-state index is 13.7. The molecule has 9 heteroatoms. The highest BCUT2D eigenvalue weighted by Crippen LogP contribution is 2.28. The van der Waals surface area contributed by atoms with Crippen LogP contribution in [0.15, 0.2) is 54.9 Å². The standard InChI is InChI=1S/C23H18F2N2O5/c1-2-3-19-20(32-19)23(29)31-16-11-26-21(27-12-16)13-4-7-15(8-5-13)30-22(28)17-9-6-14(24)10-18(17)25/h4-12,19-20H,2-3H2,1H3/t19-,20-/m1/s1. The van der Waals surface area contributed by atoms with E-state index in [4.69, 9.17) is 14.2 Å². The predicted molar refractivity (Wildman–Crippen MR) is 108 cm³/mol. The first-order chi connectivity index (χ1) is 15.4. The van der Waals surface area contributed by atoms with Crippen molar-refractivity contribution < 1.29 is 32.6 Å². The number of halogens is 2. The van der Waals surface area contributed by atoms with Crippen LogP contribution >= 0.6 is 0 Å². The van der Waals surface area contributed by atoms with E-state index in [9.17, 15) is 18.4 Å². The summed E-state index contributed by atoms with van der Waals surface area (Å²) in [5.41, 5.74) is 0.241. The first-order valence-electron chi connectivity index (χ1n) is 9.91. The molecule has 0 spiro atoms. The second-order valence-electron chi connectivity index (χ2n) is 7.09. The Labute approximate surface area is 182 Å². The monoisotopic (exact) mass is 440 g/mol. The number of rotatable bonds is 7. The van der Waals surface area contributed by atoms with Crippen molar-refractivity contribution >= 4 is 11.9 Å². The van der Waals surface area contributed by atoms with E-state index in [1.165, 1.54) is 24.5 Å². The minimum Gasteiger partial charge on any atom is -0.423 e. The van der Waals surface area contributed by atoms with E-state index in [1.54, 1.807) is 12.1 Å². The molecule has 2 aromatic carbocycles. The van der Waals surface area contributed by atoms with Crippen LogP contribution in [-0.4, -0.2) is 34.1 Å². The molecule has 3 aromatic rings. The SMILES string of the molecule is CCC[C@H]1O[C@H]1C(=O)Oc1cnc(-c2ccc(OC(=O)c3ccc(F)cc3F)cc2)nc1. The first-order valence-corrected chi connectivity index (χ1v) is 9.91. The third kappa shape index (κ3) is 4.94. The van der Waals surface area contributed by atoms with E-state index >= 15 is 0 Å². The lowest BCUT2D eigenvalue weighted by atomic mass is 10.2. The van der Waals surface area contributed by atoms with E-state index in [0.717, 1.165) is 25.0 Å². The highest BCUT2D eigenvalue weighted by molar-refractivity contribution is 5.91. The number of esters is 2. The van der Waals surface area contributed by atoms with Gasteiger partial charge in [-0.1, -0.05) is 13.3 Å². The van der Waals surface area contributed by atoms with Crippen LogP contribution in [0.1, 0.15) is 30.1 Å². The summed E-state index contributed by atoms with van der Waals surface area (Å²) in [6.07, 6.45) is 3.87. The van der Waals surface area contributed by atoms with Crippen LogP contribution in [0.3, 0.4) is 0 Å². The molecule has 164 valence electrons. The quantitative estimate of drug-likeness (QED) is 0.310. The number of epoxide rings is 1. The van der Waals surface area contributed by atoms with Crippen molar-refractivity contribution in [2.75, 3.05) is 0 Å². The van der Waals surface area contributed by atoms with Gasteiger partial charge in [0.05, 0.1) is 24.1 Å². The van der Waals surface area contributed by atoms with Gasteiger partial charge in [0.2, 0.25) is 0 Å². The van der Waals surface area contributed by atoms with Gasteiger partial charge in [0, 0.05) is 11.6 Å². The van der Waals surface area contributed by atoms with Gasteiger partial charge in [-0.2, -0.15) is 0 Å². The largest absolute Gasteiger partial charge is 0.423 e. The number of hydrogen-bond donors (Lipinski definition) is 0. The van der Waals surface area contributed by atoms with Gasteiger partial charge in [0.25, 0.3) is 0 Å². The fourth-order valence-electron chi connectivity index (χ4n) is 3.04. The molecular formula is C23H18F2N2O5. The molecule has 32 heavy (non-hydrogen) atoms. The maximum Gasteiger partial charge on any atom is 0.346 e. The summed E-state index contributed by atoms with van der Waals surface area (Å²) >= 11 is 0. The molecule has 0 N–H and O–H groups in total. The zero-order valence-electron chi connectivity index (χ0n) is 17.0. The fourth-order valence-corrected chi connectivity index (χ4v) is 3.04. The van der Waals surface area contributed by atoms with Crippen molar-refractivity contribution in [1.29, 1.82) is 0 Å². The molecule has 1 aromatic heterocycles. The highest BCUT2D eigenvalue weighted by Gasteiger charge is 2.45. The van der Waals surface area contributed by atoms with Crippen molar-refractivity contribution in [3.05, 3.63) is 72.1 Å². The van der Waals surface area contributed by atoms with Gasteiger partial charge in [-0.05, 0) is 42.8 Å². The molecule has 4 rings (SSSR count). The average Bonchev–Trinajstić information content (AvgIpc) is 3.54. The molecule has 2 atom stereocenters. The third-order valence-corrected chi connectivity index (χ3v) is 4.71. The van der Waals surface area contributed by atoms with Crippen molar-refractivity contribution in [2.45, 2.75) is 32.0 Å². The van der Waals surface area contributed by atoms with Crippen LogP contribution in [0.2, 0.25) is 0 Å². The zero-order valence-corrected chi connectivity index (χ0v) is 17.0. The smallest absolute Gasteiger partial charge is 0.346 e. The minimum atomic E-state index is -1.00. The van der Waals surface area contributed by atoms with Crippen molar-refractivity contribution in [3.63, 3.8) is 0 Å². The van der Waals surface area contributed by atoms with E-state index in [0.29, 0.717) is 17.5 Å². The molecule has 0 bridgehead atoms. The van der Waals surface area contributed by atoms with Gasteiger partial charge in [0.15, 0.2) is 17.7 Å². The van der Waals surface area contributed by atoms with Crippen LogP contribution in [0, 0.1) is 11.6 Å². The molecule has 0 amide bonds. The Morgan fingerprint density at radius 2 is 1.72 bits per heavy atom. The Balaban J connectivity index is 1.36. The predicted octanol–water partition coefficient (Wildman–Crippen LogP) is 4.11. The van der Waals surface area contributed by atoms with Gasteiger partial charge in [-0.3, -0.25) is 0 Å². The van der Waals surface area contributed by atoms with Crippen molar-refractivity contribution in [3.8, 4) is 22.9 Å². The average molecular weight is 440 g/mol. The van der Waals surface area contributed by atoms with Gasteiger partial charge in [-0.15, -0.1) is 0 Å². The van der Waals surface area contributed by atoms with E-state index in [-0.39, 0.29) is 23.2 Å². The Morgan fingerprint density at radius 1 is 1.00 bits per heavy atom. The molecule has 0 aliphatic carbocycles. The second-order valence-corrected chi connectivity index (χ2v) is 7.09. The molecule has 1 aliphatic rings. The molecular weight excluding hydrogens is 422 g/mol. The number of hydrogen-bond acceptors (Lipinski definition) is 7. The van der Waals surface area contributed by atoms with E-state index < -0.39 is 29.7 Å². The Kier molecular flexibility index (Phi) is 6.18. The molecule has 0 radical (unpaired) electrons. The maximum absolute atomic E-state index is 13.7. The summed E-state index contributed by atoms with van der Waals surface area (Å²) < 4.78 is 42.3. The summed E-state index contributed by atoms with van der Waals surface area (Å²) in [7, 11) is 0. The number of nitrogens with zero attached hydrogens (tertiary/aromatic N) is 2. The molecule has 0 saturated carbocycles. The van der Waals surface area contributed by atoms with Crippen molar-refractivity contribution in [1.82, 2.24) is 9.97 Å². The van der Waals surface area contributed by atoms with Gasteiger partial charge in [0.1, 0.15) is 17.4 Å². The first kappa shape index (κ1) is 21.5. The van der Waals surface area contributed by atoms with Crippen LogP contribution in [0.5, 0.6) is 11.5 Å². The molecule has 1 saturated heterocycles. The summed E-state index contributed by atoms with van der Waals surface area (Å²) in [5, 5.41) is 0. The number of aromatic nitrogens is 2. The summed E-state index contributed by atoms with van der Waals surface area (Å²) in [6.45, 7) is 2.01. The lowest BCUT2D eigenvalue weighted by molar-refractivity contribution is -0.135. The zero-order chi connectivity index (χ0) is 22.7. The minimum absolute atomic E-state index is 0.0835. The number of ether oxygens (including phenoxy) is 3. The number of carbonyl (C=O) groups is 2. The van der Waals surface area contributed by atoms with E-state index in [2.05, 4.69) is 9.97 Å². The molecule has 2 heterocycles. The second kappa shape index (κ2) is 9.19. The summed E-state index contributed by atoms with van der Waals surface area (Å²) in [6, 6.07) is 8.80. The van der Waals surface area contributed by atoms with Crippen LogP contribution in [0.25, 0.3) is 11.4 Å². The van der Waals surface area contributed by atoms with Crippen molar-refractivity contribution in [2.24, 2.45) is 0 Å². The molecule has 0 unspecified atom stereocenters. The number of carbonyl (C=O) groups excluding carboxylic acids is 2. The number of benzene rings is 2. The highest BCUT2D eigenvalue weighted by atomic mass is 19.1. The Bertz CT molecular complexity index is 1140. The fraction of sp³-hybridized carbons (Fsp3) is 0.217. The lowest BCUT2D eigenvalue weighted by Crippen LogP contribution is -2.17. The lowest BCUT2D eigenvalue weighted by Gasteiger charge is -2.07. The Hall–Kier alpha value is -3.72. The molecule has 1 fully saturated rings. The third-order valence-electron chi connectivity index (χ3n) is 4.71. The normalized spacial score (nSPS) is 17.0. The van der Waals surface area contributed by atoms with E-state index in [1.807, 2.05) is 6.92 Å². The molecule has 1 aliphatic heterocycles. The van der Waals surface area contributed by atoms with Crippen LogP contribution < -0.4 is 9.47 Å².